The quantitative estimate of drug-likeness (QED) is 0.361. The topological polar surface area (TPSA) is 110 Å². The number of ether oxygens (including phenoxy) is 1. The van der Waals surface area contributed by atoms with Gasteiger partial charge < -0.3 is 30.3 Å². The fourth-order valence-electron chi connectivity index (χ4n) is 5.32. The van der Waals surface area contributed by atoms with Crippen molar-refractivity contribution < 1.29 is 30.3 Å². The second-order valence-corrected chi connectivity index (χ2v) is 8.81. The summed E-state index contributed by atoms with van der Waals surface area (Å²) in [7, 11) is 0. The fourth-order valence-corrected chi connectivity index (χ4v) is 5.32. The van der Waals surface area contributed by atoms with E-state index in [1.807, 2.05) is 13.0 Å². The van der Waals surface area contributed by atoms with E-state index in [0.29, 0.717) is 18.6 Å². The molecule has 0 amide bonds. The Morgan fingerprint density at radius 3 is 2.34 bits per heavy atom. The van der Waals surface area contributed by atoms with Gasteiger partial charge in [0.15, 0.2) is 11.5 Å². The number of hydrogen-bond donors (Lipinski definition) is 5. The van der Waals surface area contributed by atoms with E-state index in [4.69, 9.17) is 4.74 Å². The minimum absolute atomic E-state index is 0.0240. The van der Waals surface area contributed by atoms with Crippen LogP contribution in [-0.2, 0) is 12.8 Å². The van der Waals surface area contributed by atoms with E-state index in [0.717, 1.165) is 52.6 Å². The summed E-state index contributed by atoms with van der Waals surface area (Å²) in [5, 5.41) is 50.9. The van der Waals surface area contributed by atoms with E-state index in [1.54, 1.807) is 12.1 Å². The second kappa shape index (κ2) is 7.55. The molecule has 3 aromatic rings. The van der Waals surface area contributed by atoms with E-state index < -0.39 is 0 Å². The third kappa shape index (κ3) is 3.27. The molecule has 1 aliphatic heterocycles. The van der Waals surface area contributed by atoms with Gasteiger partial charge in [0.25, 0.3) is 0 Å². The highest BCUT2D eigenvalue weighted by atomic mass is 16.5. The summed E-state index contributed by atoms with van der Waals surface area (Å²) in [4.78, 5) is 0. The van der Waals surface area contributed by atoms with Crippen molar-refractivity contribution in [1.82, 2.24) is 0 Å². The van der Waals surface area contributed by atoms with Crippen molar-refractivity contribution >= 4 is 0 Å². The Balaban J connectivity index is 1.64. The maximum Gasteiger partial charge on any atom is 0.157 e. The van der Waals surface area contributed by atoms with E-state index in [9.17, 15) is 25.5 Å². The highest BCUT2D eigenvalue weighted by molar-refractivity contribution is 5.61. The predicted octanol–water partition coefficient (Wildman–Crippen LogP) is 5.06. The zero-order valence-corrected chi connectivity index (χ0v) is 17.8. The Kier molecular flexibility index (Phi) is 4.81. The van der Waals surface area contributed by atoms with Crippen LogP contribution in [0.4, 0.5) is 0 Å². The first-order valence-electron chi connectivity index (χ1n) is 10.9. The van der Waals surface area contributed by atoms with Crippen molar-refractivity contribution in [3.63, 3.8) is 0 Å². The number of benzene rings is 3. The summed E-state index contributed by atoms with van der Waals surface area (Å²) in [6.45, 7) is 1.87. The zero-order chi connectivity index (χ0) is 22.6. The smallest absolute Gasteiger partial charge is 0.157 e. The van der Waals surface area contributed by atoms with Crippen molar-refractivity contribution in [3.8, 4) is 34.5 Å². The van der Waals surface area contributed by atoms with Crippen LogP contribution >= 0.6 is 0 Å². The van der Waals surface area contributed by atoms with Crippen LogP contribution in [0.1, 0.15) is 64.7 Å². The molecule has 5 N–H and O–H groups in total. The van der Waals surface area contributed by atoms with Gasteiger partial charge in [0.05, 0.1) is 0 Å². The molecular formula is C26H26O6. The van der Waals surface area contributed by atoms with Crippen molar-refractivity contribution in [2.24, 2.45) is 0 Å². The lowest BCUT2D eigenvalue weighted by molar-refractivity contribution is 0.170. The van der Waals surface area contributed by atoms with E-state index in [1.165, 1.54) is 18.2 Å². The Bertz CT molecular complexity index is 1190. The molecule has 1 heterocycles. The molecule has 5 rings (SSSR count). The molecule has 32 heavy (non-hydrogen) atoms. The fraction of sp³-hybridized carbons (Fsp3) is 0.308. The summed E-state index contributed by atoms with van der Waals surface area (Å²) in [6, 6.07) is 9.53. The molecule has 2 atom stereocenters. The van der Waals surface area contributed by atoms with Gasteiger partial charge in [0.2, 0.25) is 0 Å². The molecule has 0 saturated carbocycles. The largest absolute Gasteiger partial charge is 0.508 e. The van der Waals surface area contributed by atoms with Crippen molar-refractivity contribution in [2.45, 2.75) is 51.0 Å². The third-order valence-electron chi connectivity index (χ3n) is 6.76. The monoisotopic (exact) mass is 434 g/mol. The summed E-state index contributed by atoms with van der Waals surface area (Å²) in [5.41, 5.74) is 5.05. The van der Waals surface area contributed by atoms with Gasteiger partial charge in [-0.3, -0.25) is 0 Å². The van der Waals surface area contributed by atoms with Gasteiger partial charge in [0.1, 0.15) is 29.1 Å². The highest BCUT2D eigenvalue weighted by Crippen LogP contribution is 2.52. The molecule has 1 unspecified atom stereocenters. The summed E-state index contributed by atoms with van der Waals surface area (Å²) < 4.78 is 6.46. The summed E-state index contributed by atoms with van der Waals surface area (Å²) in [5.74, 6) is 0.434. The van der Waals surface area contributed by atoms with E-state index >= 15 is 0 Å². The molecule has 0 spiro atoms. The van der Waals surface area contributed by atoms with Gasteiger partial charge in [-0.25, -0.2) is 0 Å². The van der Waals surface area contributed by atoms with E-state index in [2.05, 4.69) is 0 Å². The lowest BCUT2D eigenvalue weighted by atomic mass is 9.75. The van der Waals surface area contributed by atoms with Gasteiger partial charge >= 0.3 is 0 Å². The maximum absolute atomic E-state index is 10.7. The van der Waals surface area contributed by atoms with E-state index in [-0.39, 0.29) is 40.8 Å². The number of rotatable bonds is 2. The van der Waals surface area contributed by atoms with Crippen LogP contribution in [0.25, 0.3) is 0 Å². The molecule has 3 aromatic carbocycles. The minimum atomic E-state index is -0.336. The molecule has 0 fully saturated rings. The van der Waals surface area contributed by atoms with Crippen LogP contribution in [0.3, 0.4) is 0 Å². The molecular weight excluding hydrogens is 408 g/mol. The lowest BCUT2D eigenvalue weighted by Crippen LogP contribution is -2.21. The SMILES string of the molecule is Cc1cc(O)cc(O)c1[C@H]1CCCc2cc(O)c3c(c21)OC(c1ccc(O)c(O)c1)CC3. The van der Waals surface area contributed by atoms with Gasteiger partial charge in [-0.1, -0.05) is 6.07 Å². The van der Waals surface area contributed by atoms with Crippen LogP contribution in [-0.4, -0.2) is 25.5 Å². The molecule has 0 aromatic heterocycles. The van der Waals surface area contributed by atoms with Crippen molar-refractivity contribution in [1.29, 1.82) is 0 Å². The molecule has 6 nitrogen and oxygen atoms in total. The first-order valence-corrected chi connectivity index (χ1v) is 10.9. The Morgan fingerprint density at radius 1 is 0.781 bits per heavy atom. The predicted molar refractivity (Wildman–Crippen MR) is 119 cm³/mol. The molecule has 0 radical (unpaired) electrons. The molecule has 6 heteroatoms. The van der Waals surface area contributed by atoms with Crippen LogP contribution in [0.2, 0.25) is 0 Å². The Morgan fingerprint density at radius 2 is 1.59 bits per heavy atom. The number of aryl methyl sites for hydroxylation is 2. The van der Waals surface area contributed by atoms with Gasteiger partial charge in [-0.2, -0.15) is 0 Å². The Labute approximate surface area is 186 Å². The summed E-state index contributed by atoms with van der Waals surface area (Å²) >= 11 is 0. The molecule has 0 bridgehead atoms. The lowest BCUT2D eigenvalue weighted by Gasteiger charge is -2.35. The molecule has 2 aliphatic rings. The molecule has 166 valence electrons. The average Bonchev–Trinajstić information content (AvgIpc) is 2.74. The number of aromatic hydroxyl groups is 5. The maximum atomic E-state index is 10.7. The molecule has 1 aliphatic carbocycles. The number of fused-ring (bicyclic) bond motifs is 3. The average molecular weight is 434 g/mol. The Hall–Kier alpha value is -3.54. The molecule has 0 saturated heterocycles. The van der Waals surface area contributed by atoms with Gasteiger partial charge in [0, 0.05) is 28.7 Å². The van der Waals surface area contributed by atoms with Gasteiger partial charge in [-0.05, 0) is 80.0 Å². The highest BCUT2D eigenvalue weighted by Gasteiger charge is 2.35. The standard InChI is InChI=1S/C26H26O6/c1-13-9-16(27)12-22(31)24(13)18-4-2-3-15-11-20(29)17-6-8-23(32-26(17)25(15)18)14-5-7-19(28)21(30)10-14/h5,7,9-12,18,23,27-31H,2-4,6,8H2,1H3/t18-,23?/m1/s1. The zero-order valence-electron chi connectivity index (χ0n) is 17.8. The van der Waals surface area contributed by atoms with Crippen LogP contribution in [0.5, 0.6) is 34.5 Å². The van der Waals surface area contributed by atoms with Gasteiger partial charge in [-0.15, -0.1) is 0 Å². The third-order valence-corrected chi connectivity index (χ3v) is 6.76. The number of hydrogen-bond acceptors (Lipinski definition) is 6. The first kappa shape index (κ1) is 20.4. The normalized spacial score (nSPS) is 19.7. The second-order valence-electron chi connectivity index (χ2n) is 8.81. The minimum Gasteiger partial charge on any atom is -0.508 e. The van der Waals surface area contributed by atoms with Crippen LogP contribution in [0, 0.1) is 6.92 Å². The van der Waals surface area contributed by atoms with Crippen molar-refractivity contribution in [2.75, 3.05) is 0 Å². The number of phenols is 5. The number of phenolic OH excluding ortho intramolecular Hbond substituents is 5. The van der Waals surface area contributed by atoms with Crippen LogP contribution < -0.4 is 4.74 Å². The summed E-state index contributed by atoms with van der Waals surface area (Å²) in [6.07, 6.45) is 3.42. The first-order chi connectivity index (χ1) is 15.3. The van der Waals surface area contributed by atoms with Crippen molar-refractivity contribution in [3.05, 3.63) is 69.8 Å². The van der Waals surface area contributed by atoms with Crippen LogP contribution in [0.15, 0.2) is 36.4 Å².